The molecule has 0 bridgehead atoms. The average Bonchev–Trinajstić information content (AvgIpc) is 2.13. The third kappa shape index (κ3) is 2.67. The molecule has 0 saturated heterocycles. The lowest BCUT2D eigenvalue weighted by Crippen LogP contribution is -2.52. The fraction of sp³-hybridized carbons (Fsp3) is 1.00. The van der Waals surface area contributed by atoms with Crippen molar-refractivity contribution in [2.45, 2.75) is 50.2 Å². The fourth-order valence-electron chi connectivity index (χ4n) is 2.70. The monoisotopic (exact) mass is 272 g/mol. The molecule has 1 aliphatic carbocycles. The summed E-state index contributed by atoms with van der Waals surface area (Å²) in [6.45, 7) is 1.85. The van der Waals surface area contributed by atoms with Gasteiger partial charge in [-0.15, -0.1) is 0 Å². The van der Waals surface area contributed by atoms with Crippen LogP contribution in [0, 0.1) is 11.3 Å². The fourth-order valence-corrected chi connectivity index (χ4v) is 2.70. The number of hydrogen-bond acceptors (Lipinski definition) is 0. The second-order valence-electron chi connectivity index (χ2n) is 6.22. The van der Waals surface area contributed by atoms with E-state index in [0.29, 0.717) is 0 Å². The number of halogens is 6. The summed E-state index contributed by atoms with van der Waals surface area (Å²) in [5.74, 6) is -0.0877. The predicted molar refractivity (Wildman–Crippen MR) is 62.0 cm³/mol. The summed E-state index contributed by atoms with van der Waals surface area (Å²) in [5, 5.41) is -0.247. The largest absolute Gasteiger partial charge is 0.403 e. The molecule has 1 rings (SSSR count). The van der Waals surface area contributed by atoms with Crippen molar-refractivity contribution in [3.8, 4) is 0 Å². The molecular formula is C10H16B2F6. The summed E-state index contributed by atoms with van der Waals surface area (Å²) < 4.78 is 76.8. The Bertz CT molecular complexity index is 277. The maximum Gasteiger partial charge on any atom is 0.403 e. The van der Waals surface area contributed by atoms with E-state index in [1.54, 1.807) is 0 Å². The molecule has 0 unspecified atom stereocenters. The molecule has 0 nitrogen and oxygen atoms in total. The Hall–Kier alpha value is -0.290. The maximum absolute atomic E-state index is 12.8. The molecule has 0 radical (unpaired) electrons. The molecule has 0 aromatic heterocycles. The van der Waals surface area contributed by atoms with E-state index in [0.717, 1.165) is 0 Å². The first kappa shape index (κ1) is 15.8. The zero-order chi connectivity index (χ0) is 14.4. The second-order valence-corrected chi connectivity index (χ2v) is 6.22. The van der Waals surface area contributed by atoms with Crippen molar-refractivity contribution in [1.82, 2.24) is 0 Å². The van der Waals surface area contributed by atoms with Crippen molar-refractivity contribution in [3.05, 3.63) is 0 Å². The quantitative estimate of drug-likeness (QED) is 0.508. The summed E-state index contributed by atoms with van der Waals surface area (Å²) in [6, 6.07) is 0. The van der Waals surface area contributed by atoms with Gasteiger partial charge in [-0.3, -0.25) is 0 Å². The van der Waals surface area contributed by atoms with Crippen LogP contribution in [0.15, 0.2) is 0 Å². The zero-order valence-corrected chi connectivity index (χ0v) is 10.7. The highest BCUT2D eigenvalue weighted by Crippen LogP contribution is 2.60. The van der Waals surface area contributed by atoms with Crippen molar-refractivity contribution in [2.24, 2.45) is 11.3 Å². The van der Waals surface area contributed by atoms with Crippen molar-refractivity contribution in [3.63, 3.8) is 0 Å². The lowest BCUT2D eigenvalue weighted by molar-refractivity contribution is -0.351. The van der Waals surface area contributed by atoms with E-state index in [1.165, 1.54) is 0 Å². The zero-order valence-electron chi connectivity index (χ0n) is 10.7. The SMILES string of the molecule is BC(B)(C)C1CCC(C(F)(F)F)(C(F)(F)F)CC1. The van der Waals surface area contributed by atoms with Crippen LogP contribution in [0.1, 0.15) is 32.6 Å². The molecule has 0 heterocycles. The van der Waals surface area contributed by atoms with Crippen LogP contribution in [0.3, 0.4) is 0 Å². The lowest BCUT2D eigenvalue weighted by atomic mass is 9.46. The Labute approximate surface area is 104 Å². The van der Waals surface area contributed by atoms with Gasteiger partial charge in [-0.05, 0) is 12.8 Å². The minimum absolute atomic E-state index is 0.0253. The number of hydrogen-bond donors (Lipinski definition) is 0. The summed E-state index contributed by atoms with van der Waals surface area (Å²) in [5.41, 5.74) is -3.50. The van der Waals surface area contributed by atoms with E-state index in [2.05, 4.69) is 0 Å². The van der Waals surface area contributed by atoms with Gasteiger partial charge in [0.15, 0.2) is 5.41 Å². The topological polar surface area (TPSA) is 0 Å². The van der Waals surface area contributed by atoms with Crippen LogP contribution in [0.4, 0.5) is 26.3 Å². The van der Waals surface area contributed by atoms with Gasteiger partial charge in [-0.2, -0.15) is 26.3 Å². The number of alkyl halides is 6. The van der Waals surface area contributed by atoms with Crippen molar-refractivity contribution < 1.29 is 26.3 Å². The minimum atomic E-state index is -5.21. The van der Waals surface area contributed by atoms with Gasteiger partial charge in [0.25, 0.3) is 0 Å². The Morgan fingerprint density at radius 3 is 1.44 bits per heavy atom. The first-order valence-corrected chi connectivity index (χ1v) is 5.95. The van der Waals surface area contributed by atoms with Gasteiger partial charge in [0.1, 0.15) is 0 Å². The maximum atomic E-state index is 12.8. The van der Waals surface area contributed by atoms with E-state index in [4.69, 9.17) is 0 Å². The highest BCUT2D eigenvalue weighted by atomic mass is 19.4. The summed E-state index contributed by atoms with van der Waals surface area (Å²) in [4.78, 5) is 0. The Balaban J connectivity index is 2.95. The van der Waals surface area contributed by atoms with Crippen molar-refractivity contribution in [2.75, 3.05) is 0 Å². The third-order valence-electron chi connectivity index (χ3n) is 4.15. The normalized spacial score (nSPS) is 23.1. The summed E-state index contributed by atoms with van der Waals surface area (Å²) >= 11 is 0. The smallest absolute Gasteiger partial charge is 0.170 e. The molecule has 1 aliphatic rings. The van der Waals surface area contributed by atoms with E-state index in [9.17, 15) is 26.3 Å². The van der Waals surface area contributed by atoms with E-state index >= 15 is 0 Å². The Kier molecular flexibility index (Phi) is 3.83. The Morgan fingerprint density at radius 2 is 1.22 bits per heavy atom. The highest BCUT2D eigenvalue weighted by Gasteiger charge is 2.70. The average molecular weight is 272 g/mol. The highest BCUT2D eigenvalue weighted by molar-refractivity contribution is 6.39. The Morgan fingerprint density at radius 1 is 0.889 bits per heavy atom. The van der Waals surface area contributed by atoms with Gasteiger partial charge < -0.3 is 0 Å². The van der Waals surface area contributed by atoms with Gasteiger partial charge in [-0.1, -0.05) is 30.9 Å². The van der Waals surface area contributed by atoms with Crippen molar-refractivity contribution in [1.29, 1.82) is 0 Å². The molecule has 0 amide bonds. The van der Waals surface area contributed by atoms with Crippen LogP contribution >= 0.6 is 0 Å². The third-order valence-corrected chi connectivity index (χ3v) is 4.15. The lowest BCUT2D eigenvalue weighted by Gasteiger charge is -2.45. The van der Waals surface area contributed by atoms with Crippen molar-refractivity contribution >= 4 is 15.7 Å². The van der Waals surface area contributed by atoms with Gasteiger partial charge in [-0.25, -0.2) is 0 Å². The van der Waals surface area contributed by atoms with E-state index in [-0.39, 0.29) is 24.0 Å². The van der Waals surface area contributed by atoms with Gasteiger partial charge in [0, 0.05) is 0 Å². The van der Waals surface area contributed by atoms with E-state index in [1.807, 2.05) is 22.6 Å². The molecule has 104 valence electrons. The van der Waals surface area contributed by atoms with Crippen LogP contribution in [0.5, 0.6) is 0 Å². The minimum Gasteiger partial charge on any atom is -0.170 e. The first-order valence-electron chi connectivity index (χ1n) is 5.95. The van der Waals surface area contributed by atoms with Crippen LogP contribution in [-0.4, -0.2) is 28.0 Å². The van der Waals surface area contributed by atoms with Gasteiger partial charge in [0.05, 0.1) is 15.7 Å². The van der Waals surface area contributed by atoms with Gasteiger partial charge >= 0.3 is 12.4 Å². The summed E-state index contributed by atoms with van der Waals surface area (Å²) in [7, 11) is 3.71. The molecule has 0 aromatic carbocycles. The molecule has 1 fully saturated rings. The van der Waals surface area contributed by atoms with Crippen LogP contribution in [0.2, 0.25) is 5.21 Å². The standard InChI is InChI=1S/C10H16B2F6/c1-7(11,12)6-2-4-8(5-3-6,9(13,14)15)10(16,17)18/h6H,2-5,11-12H2,1H3. The molecule has 0 N–H and O–H groups in total. The van der Waals surface area contributed by atoms with Crippen LogP contribution in [-0.2, 0) is 0 Å². The van der Waals surface area contributed by atoms with Gasteiger partial charge in [0.2, 0.25) is 0 Å². The van der Waals surface area contributed by atoms with E-state index < -0.39 is 30.6 Å². The molecule has 0 atom stereocenters. The molecule has 0 aliphatic heterocycles. The van der Waals surface area contributed by atoms with Crippen LogP contribution in [0.25, 0.3) is 0 Å². The van der Waals surface area contributed by atoms with Crippen LogP contribution < -0.4 is 0 Å². The molecule has 18 heavy (non-hydrogen) atoms. The molecule has 0 spiro atoms. The predicted octanol–water partition coefficient (Wildman–Crippen LogP) is 2.69. The second kappa shape index (κ2) is 4.37. The summed E-state index contributed by atoms with van der Waals surface area (Å²) in [6.07, 6.45) is -12.2. The molecule has 8 heteroatoms. The molecule has 1 saturated carbocycles. The molecule has 0 aromatic rings. The number of rotatable bonds is 1. The molecular weight excluding hydrogens is 256 g/mol. The first-order chi connectivity index (χ1) is 7.81.